The number of para-hydroxylation sites is 1. The van der Waals surface area contributed by atoms with Crippen molar-refractivity contribution >= 4 is 40.0 Å². The minimum Gasteiger partial charge on any atom is -0.322 e. The highest BCUT2D eigenvalue weighted by atomic mass is 32.1. The number of nitrogens with one attached hydrogen (secondary N) is 1. The molecule has 3 heterocycles. The van der Waals surface area contributed by atoms with Crippen LogP contribution in [0.25, 0.3) is 17.1 Å². The Balaban J connectivity index is 1.51. The highest BCUT2D eigenvalue weighted by molar-refractivity contribution is 7.07. The van der Waals surface area contributed by atoms with Gasteiger partial charge in [-0.15, -0.1) is 0 Å². The predicted molar refractivity (Wildman–Crippen MR) is 158 cm³/mol. The van der Waals surface area contributed by atoms with E-state index in [4.69, 9.17) is 4.99 Å². The van der Waals surface area contributed by atoms with Crippen molar-refractivity contribution in [2.24, 2.45) is 19.1 Å². The largest absolute Gasteiger partial charge is 0.328 e. The summed E-state index contributed by atoms with van der Waals surface area (Å²) in [6, 6.07) is 22.1. The zero-order valence-electron chi connectivity index (χ0n) is 22.5. The molecule has 1 N–H and O–H groups in total. The average Bonchev–Trinajstić information content (AvgIpc) is 3.36. The van der Waals surface area contributed by atoms with Crippen LogP contribution in [-0.4, -0.2) is 19.6 Å². The molecule has 0 bridgehead atoms. The van der Waals surface area contributed by atoms with Crippen LogP contribution in [0.15, 0.2) is 98.6 Å². The van der Waals surface area contributed by atoms with E-state index in [2.05, 4.69) is 5.32 Å². The Bertz CT molecular complexity index is 2080. The van der Waals surface area contributed by atoms with Crippen LogP contribution < -0.4 is 25.9 Å². The van der Waals surface area contributed by atoms with Gasteiger partial charge >= 0.3 is 5.69 Å². The van der Waals surface area contributed by atoms with Crippen LogP contribution >= 0.6 is 11.3 Å². The Labute approximate surface area is 233 Å². The lowest BCUT2D eigenvalue weighted by atomic mass is 9.94. The van der Waals surface area contributed by atoms with Crippen molar-refractivity contribution in [3.05, 3.63) is 131 Å². The number of aryl methyl sites for hydroxylation is 3. The molecule has 200 valence electrons. The molecule has 0 saturated carbocycles. The molecule has 5 aromatic rings. The topological polar surface area (TPSA) is 90.4 Å². The summed E-state index contributed by atoms with van der Waals surface area (Å²) >= 11 is 1.29. The summed E-state index contributed by atoms with van der Waals surface area (Å²) in [4.78, 5) is 45.2. The van der Waals surface area contributed by atoms with Crippen molar-refractivity contribution in [2.45, 2.75) is 19.9 Å². The van der Waals surface area contributed by atoms with Gasteiger partial charge in [0.2, 0.25) is 0 Å². The lowest BCUT2D eigenvalue weighted by Crippen LogP contribution is -2.40. The van der Waals surface area contributed by atoms with E-state index in [0.717, 1.165) is 27.7 Å². The second-order valence-corrected chi connectivity index (χ2v) is 11.0. The Kier molecular flexibility index (Phi) is 6.23. The number of benzene rings is 3. The molecule has 0 aliphatic carbocycles. The molecule has 9 heteroatoms. The van der Waals surface area contributed by atoms with E-state index in [-0.39, 0.29) is 17.2 Å². The quantitative estimate of drug-likeness (QED) is 0.373. The predicted octanol–water partition coefficient (Wildman–Crippen LogP) is 3.37. The maximum atomic E-state index is 14.0. The molecule has 0 saturated heterocycles. The van der Waals surface area contributed by atoms with Crippen molar-refractivity contribution in [2.75, 3.05) is 5.32 Å². The van der Waals surface area contributed by atoms with Crippen molar-refractivity contribution in [3.8, 4) is 0 Å². The number of rotatable bonds is 4. The Morgan fingerprint density at radius 1 is 0.925 bits per heavy atom. The minimum atomic E-state index is -0.639. The van der Waals surface area contributed by atoms with Gasteiger partial charge in [0.05, 0.1) is 32.9 Å². The van der Waals surface area contributed by atoms with E-state index in [1.54, 1.807) is 27.8 Å². The van der Waals surface area contributed by atoms with Gasteiger partial charge in [-0.3, -0.25) is 23.3 Å². The van der Waals surface area contributed by atoms with Crippen molar-refractivity contribution in [1.82, 2.24) is 13.7 Å². The fourth-order valence-corrected chi connectivity index (χ4v) is 6.21. The fourth-order valence-electron chi connectivity index (χ4n) is 5.16. The minimum absolute atomic E-state index is 0.110. The third kappa shape index (κ3) is 4.24. The number of fused-ring (bicyclic) bond motifs is 2. The number of carbonyl (C=O) groups is 1. The molecule has 6 rings (SSSR count). The number of thiazole rings is 1. The van der Waals surface area contributed by atoms with Crippen LogP contribution in [0.3, 0.4) is 0 Å². The third-order valence-electron chi connectivity index (χ3n) is 7.28. The first kappa shape index (κ1) is 25.5. The van der Waals surface area contributed by atoms with Crippen LogP contribution in [0.1, 0.15) is 29.7 Å². The second-order valence-electron chi connectivity index (χ2n) is 9.96. The van der Waals surface area contributed by atoms with Crippen molar-refractivity contribution in [1.29, 1.82) is 0 Å². The van der Waals surface area contributed by atoms with Gasteiger partial charge in [0.1, 0.15) is 0 Å². The van der Waals surface area contributed by atoms with Crippen LogP contribution in [0.2, 0.25) is 0 Å². The van der Waals surface area contributed by atoms with Gasteiger partial charge in [-0.05, 0) is 55.3 Å². The number of anilines is 1. The Morgan fingerprint density at radius 2 is 1.62 bits per heavy atom. The van der Waals surface area contributed by atoms with Gasteiger partial charge in [-0.2, -0.15) is 0 Å². The molecular weight excluding hydrogens is 522 g/mol. The fraction of sp³-hybridized carbons (Fsp3) is 0.161. The maximum absolute atomic E-state index is 14.0. The number of allylic oxidation sites excluding steroid dienone is 1. The summed E-state index contributed by atoms with van der Waals surface area (Å²) in [5, 5.41) is 2.97. The Hall–Kier alpha value is -4.76. The number of carbonyl (C=O) groups excluding carboxylic acids is 1. The Morgan fingerprint density at radius 3 is 2.35 bits per heavy atom. The van der Waals surface area contributed by atoms with Gasteiger partial charge in [0.25, 0.3) is 11.5 Å². The van der Waals surface area contributed by atoms with Crippen LogP contribution in [0.5, 0.6) is 0 Å². The lowest BCUT2D eigenvalue weighted by molar-refractivity contribution is -0.113. The summed E-state index contributed by atoms with van der Waals surface area (Å²) in [7, 11) is 3.47. The molecule has 1 amide bonds. The lowest BCUT2D eigenvalue weighted by Gasteiger charge is -2.25. The number of imidazole rings is 1. The van der Waals surface area contributed by atoms with E-state index in [9.17, 15) is 14.4 Å². The van der Waals surface area contributed by atoms with Crippen LogP contribution in [-0.2, 0) is 18.9 Å². The zero-order chi connectivity index (χ0) is 28.1. The molecule has 0 spiro atoms. The van der Waals surface area contributed by atoms with Gasteiger partial charge in [0, 0.05) is 19.8 Å². The summed E-state index contributed by atoms with van der Waals surface area (Å²) in [5.41, 5.74) is 5.61. The molecular formula is C31H27N5O3S. The van der Waals surface area contributed by atoms with Crippen LogP contribution in [0.4, 0.5) is 5.69 Å². The standard InChI is InChI=1S/C31H27N5O3S/c1-18-10-13-21(14-11-18)27-26(28(37)33-22-8-6-5-7-9-22)19(2)32-30-36(27)29(38)25(40-30)17-20-12-15-23-24(16-20)35(4)31(39)34(23)3/h5-17,27H,1-4H3,(H,33,37)/b25-17+/t27-/m0/s1. The SMILES string of the molecule is CC1=C(C(=O)Nc2ccccc2)[C@H](c2ccc(C)cc2)n2c(s/c(=C/c3ccc4c(c3)n(C)c(=O)n4C)c2=O)=N1. The average molecular weight is 550 g/mol. The number of hydrogen-bond donors (Lipinski definition) is 1. The van der Waals surface area contributed by atoms with E-state index < -0.39 is 6.04 Å². The first-order valence-corrected chi connectivity index (χ1v) is 13.7. The zero-order valence-corrected chi connectivity index (χ0v) is 23.3. The molecule has 1 aliphatic rings. The van der Waals surface area contributed by atoms with E-state index >= 15 is 0 Å². The van der Waals surface area contributed by atoms with Crippen molar-refractivity contribution < 1.29 is 4.79 Å². The molecule has 0 unspecified atom stereocenters. The van der Waals surface area contributed by atoms with E-state index in [1.807, 2.05) is 92.7 Å². The second kappa shape index (κ2) is 9.77. The molecule has 1 aliphatic heterocycles. The first-order chi connectivity index (χ1) is 19.2. The molecule has 3 aromatic carbocycles. The molecule has 0 fully saturated rings. The highest BCUT2D eigenvalue weighted by Crippen LogP contribution is 2.31. The summed E-state index contributed by atoms with van der Waals surface area (Å²) < 4.78 is 5.30. The summed E-state index contributed by atoms with van der Waals surface area (Å²) in [6.07, 6.45) is 1.82. The third-order valence-corrected chi connectivity index (χ3v) is 8.27. The summed E-state index contributed by atoms with van der Waals surface area (Å²) in [5.74, 6) is -0.303. The smallest absolute Gasteiger partial charge is 0.322 e. The number of nitrogens with zero attached hydrogens (tertiary/aromatic N) is 4. The van der Waals surface area contributed by atoms with Crippen molar-refractivity contribution in [3.63, 3.8) is 0 Å². The van der Waals surface area contributed by atoms with Gasteiger partial charge in [-0.1, -0.05) is 65.4 Å². The summed E-state index contributed by atoms with van der Waals surface area (Å²) in [6.45, 7) is 3.81. The molecule has 1 atom stereocenters. The number of amides is 1. The normalized spacial score (nSPS) is 15.3. The van der Waals surface area contributed by atoms with Gasteiger partial charge < -0.3 is 5.32 Å². The molecule has 0 radical (unpaired) electrons. The molecule has 8 nitrogen and oxygen atoms in total. The number of hydrogen-bond acceptors (Lipinski definition) is 5. The molecule has 2 aromatic heterocycles. The highest BCUT2D eigenvalue weighted by Gasteiger charge is 2.32. The van der Waals surface area contributed by atoms with Gasteiger partial charge in [-0.25, -0.2) is 9.79 Å². The number of aromatic nitrogens is 3. The maximum Gasteiger partial charge on any atom is 0.328 e. The molecule has 40 heavy (non-hydrogen) atoms. The first-order valence-electron chi connectivity index (χ1n) is 12.8. The van der Waals surface area contributed by atoms with Crippen LogP contribution in [0, 0.1) is 6.92 Å². The van der Waals surface area contributed by atoms with E-state index in [1.165, 1.54) is 11.3 Å². The van der Waals surface area contributed by atoms with E-state index in [0.29, 0.717) is 26.3 Å². The monoisotopic (exact) mass is 549 g/mol. The van der Waals surface area contributed by atoms with Gasteiger partial charge in [0.15, 0.2) is 4.80 Å².